The number of halogens is 2. The van der Waals surface area contributed by atoms with Crippen LogP contribution in [0.5, 0.6) is 0 Å². The predicted octanol–water partition coefficient (Wildman–Crippen LogP) is 6.39. The van der Waals surface area contributed by atoms with Crippen molar-refractivity contribution in [1.29, 1.82) is 0 Å². The zero-order chi connectivity index (χ0) is 19.0. The summed E-state index contributed by atoms with van der Waals surface area (Å²) in [6, 6.07) is 18.8. The Bertz CT molecular complexity index is 1200. The fourth-order valence-corrected chi connectivity index (χ4v) is 3.45. The molecule has 0 aliphatic carbocycles. The molecule has 0 aliphatic heterocycles. The zero-order valence-corrected chi connectivity index (χ0v) is 16.0. The van der Waals surface area contributed by atoms with Gasteiger partial charge in [-0.3, -0.25) is 4.79 Å². The summed E-state index contributed by atoms with van der Waals surface area (Å²) in [5.74, 6) is 0.175. The van der Waals surface area contributed by atoms with Gasteiger partial charge in [-0.2, -0.15) is 4.98 Å². The summed E-state index contributed by atoms with van der Waals surface area (Å²) < 4.78 is 5.84. The van der Waals surface area contributed by atoms with Crippen LogP contribution in [0, 0.1) is 0 Å². The molecule has 0 aliphatic rings. The number of aromatic nitrogens is 1. The van der Waals surface area contributed by atoms with E-state index in [-0.39, 0.29) is 11.4 Å². The van der Waals surface area contributed by atoms with E-state index >= 15 is 0 Å². The molecule has 0 unspecified atom stereocenters. The van der Waals surface area contributed by atoms with Gasteiger partial charge in [0, 0.05) is 5.02 Å². The van der Waals surface area contributed by atoms with Crippen molar-refractivity contribution in [2.24, 2.45) is 0 Å². The van der Waals surface area contributed by atoms with Crippen molar-refractivity contribution in [3.05, 3.63) is 86.6 Å². The van der Waals surface area contributed by atoms with Crippen molar-refractivity contribution in [2.75, 3.05) is 0 Å². The summed E-state index contributed by atoms with van der Waals surface area (Å²) in [5.41, 5.74) is 3.88. The molecule has 0 saturated carbocycles. The summed E-state index contributed by atoms with van der Waals surface area (Å²) in [4.78, 5) is 16.7. The fraction of sp³-hybridized carbons (Fsp3) is 0.0909. The molecule has 0 saturated heterocycles. The number of rotatable bonds is 3. The van der Waals surface area contributed by atoms with Gasteiger partial charge >= 0.3 is 0 Å². The molecule has 3 aromatic carbocycles. The lowest BCUT2D eigenvalue weighted by Gasteiger charge is -2.07. The van der Waals surface area contributed by atoms with E-state index in [9.17, 15) is 4.79 Å². The normalized spacial score (nSPS) is 11.1. The molecule has 0 bridgehead atoms. The zero-order valence-electron chi connectivity index (χ0n) is 14.5. The molecule has 0 fully saturated rings. The van der Waals surface area contributed by atoms with Crippen LogP contribution >= 0.6 is 23.2 Å². The average molecular weight is 396 g/mol. The summed E-state index contributed by atoms with van der Waals surface area (Å²) in [5, 5.41) is 1.32. The Morgan fingerprint density at radius 3 is 2.37 bits per heavy atom. The van der Waals surface area contributed by atoms with Gasteiger partial charge in [-0.1, -0.05) is 60.5 Å². The van der Waals surface area contributed by atoms with Crippen LogP contribution in [0.3, 0.4) is 0 Å². The summed E-state index contributed by atoms with van der Waals surface area (Å²) in [6.45, 7) is 2.12. The number of hydrogen-bond acceptors (Lipinski definition) is 3. The van der Waals surface area contributed by atoms with Crippen LogP contribution < -0.4 is 5.56 Å². The van der Waals surface area contributed by atoms with E-state index in [0.717, 1.165) is 17.5 Å². The number of benzene rings is 3. The minimum absolute atomic E-state index is 0.175. The number of hydrogen-bond donors (Lipinski definition) is 0. The Balaban J connectivity index is 1.81. The number of aryl methyl sites for hydroxylation is 1. The Kier molecular flexibility index (Phi) is 4.73. The molecule has 0 radical (unpaired) electrons. The van der Waals surface area contributed by atoms with Gasteiger partial charge in [0.05, 0.1) is 16.0 Å². The quantitative estimate of drug-likeness (QED) is 0.403. The van der Waals surface area contributed by atoms with Crippen LogP contribution in [0.25, 0.3) is 33.6 Å². The molecule has 1 heterocycles. The topological polar surface area (TPSA) is 43.1 Å². The van der Waals surface area contributed by atoms with Gasteiger partial charge in [0.15, 0.2) is 0 Å². The van der Waals surface area contributed by atoms with Gasteiger partial charge in [0.2, 0.25) is 5.89 Å². The van der Waals surface area contributed by atoms with Crippen LogP contribution in [0.1, 0.15) is 12.5 Å². The third kappa shape index (κ3) is 3.48. The van der Waals surface area contributed by atoms with Crippen molar-refractivity contribution in [1.82, 2.24) is 4.98 Å². The third-order valence-electron chi connectivity index (χ3n) is 4.48. The first-order valence-corrected chi connectivity index (χ1v) is 9.30. The second-order valence-electron chi connectivity index (χ2n) is 6.21. The Labute approximate surface area is 166 Å². The van der Waals surface area contributed by atoms with Crippen LogP contribution in [0.2, 0.25) is 10.0 Å². The van der Waals surface area contributed by atoms with E-state index in [0.29, 0.717) is 26.6 Å². The van der Waals surface area contributed by atoms with E-state index in [2.05, 4.69) is 36.2 Å². The fourth-order valence-electron chi connectivity index (χ4n) is 2.96. The molecule has 134 valence electrons. The molecule has 4 aromatic rings. The maximum atomic E-state index is 12.6. The largest absolute Gasteiger partial charge is 0.437 e. The molecular weight excluding hydrogens is 381 g/mol. The molecule has 1 aromatic heterocycles. The molecule has 0 N–H and O–H groups in total. The third-order valence-corrected chi connectivity index (χ3v) is 5.02. The highest BCUT2D eigenvalue weighted by molar-refractivity contribution is 6.36. The Morgan fingerprint density at radius 2 is 1.67 bits per heavy atom. The molecule has 0 spiro atoms. The highest BCUT2D eigenvalue weighted by Gasteiger charge is 2.13. The monoisotopic (exact) mass is 395 g/mol. The predicted molar refractivity (Wildman–Crippen MR) is 111 cm³/mol. The lowest BCUT2D eigenvalue weighted by molar-refractivity contribution is 0.595. The maximum absolute atomic E-state index is 12.6. The summed E-state index contributed by atoms with van der Waals surface area (Å²) in [6.07, 6.45) is 0.988. The first kappa shape index (κ1) is 17.8. The Hall–Kier alpha value is -2.62. The van der Waals surface area contributed by atoms with E-state index in [1.54, 1.807) is 24.3 Å². The lowest BCUT2D eigenvalue weighted by Crippen LogP contribution is -2.07. The second kappa shape index (κ2) is 7.18. The van der Waals surface area contributed by atoms with Crippen molar-refractivity contribution >= 4 is 34.2 Å². The minimum Gasteiger partial charge on any atom is -0.437 e. The highest BCUT2D eigenvalue weighted by Crippen LogP contribution is 2.31. The second-order valence-corrected chi connectivity index (χ2v) is 7.05. The van der Waals surface area contributed by atoms with Crippen LogP contribution in [0.15, 0.2) is 69.9 Å². The van der Waals surface area contributed by atoms with Gasteiger partial charge in [-0.25, -0.2) is 0 Å². The molecule has 0 atom stereocenters. The number of nitrogens with zero attached hydrogens (tertiary/aromatic N) is 1. The molecule has 5 heteroatoms. The van der Waals surface area contributed by atoms with E-state index in [4.69, 9.17) is 27.6 Å². The SMILES string of the molecule is CCc1ccc(-c2ccc3oc(-c4ccc(Cl)cc4Cl)nc(=O)c3c2)cc1. The Morgan fingerprint density at radius 1 is 0.926 bits per heavy atom. The van der Waals surface area contributed by atoms with E-state index in [1.807, 2.05) is 12.1 Å². The van der Waals surface area contributed by atoms with Crippen molar-refractivity contribution in [3.8, 4) is 22.6 Å². The molecular formula is C22H15Cl2NO2. The van der Waals surface area contributed by atoms with Gasteiger partial charge < -0.3 is 4.42 Å². The summed E-state index contributed by atoms with van der Waals surface area (Å²) in [7, 11) is 0. The van der Waals surface area contributed by atoms with Gasteiger partial charge in [-0.15, -0.1) is 0 Å². The van der Waals surface area contributed by atoms with E-state index < -0.39 is 0 Å². The van der Waals surface area contributed by atoms with Crippen LogP contribution in [-0.2, 0) is 6.42 Å². The molecule has 3 nitrogen and oxygen atoms in total. The molecule has 4 rings (SSSR count). The lowest BCUT2D eigenvalue weighted by atomic mass is 10.0. The first-order valence-electron chi connectivity index (χ1n) is 8.55. The van der Waals surface area contributed by atoms with Crippen LogP contribution in [-0.4, -0.2) is 4.98 Å². The standard InChI is InChI=1S/C22H15Cl2NO2/c1-2-13-3-5-14(6-4-13)15-7-10-20-18(11-15)21(26)25-22(27-20)17-9-8-16(23)12-19(17)24/h3-12H,2H2,1H3. The molecule has 0 amide bonds. The van der Waals surface area contributed by atoms with Gasteiger partial charge in [0.1, 0.15) is 5.58 Å². The smallest absolute Gasteiger partial charge is 0.284 e. The van der Waals surface area contributed by atoms with Crippen LogP contribution in [0.4, 0.5) is 0 Å². The maximum Gasteiger partial charge on any atom is 0.284 e. The van der Waals surface area contributed by atoms with Crippen molar-refractivity contribution in [3.63, 3.8) is 0 Å². The minimum atomic E-state index is -0.357. The average Bonchev–Trinajstić information content (AvgIpc) is 2.68. The van der Waals surface area contributed by atoms with Crippen molar-refractivity contribution < 1.29 is 4.42 Å². The number of fused-ring (bicyclic) bond motifs is 1. The van der Waals surface area contributed by atoms with Gasteiger partial charge in [-0.05, 0) is 53.4 Å². The van der Waals surface area contributed by atoms with Gasteiger partial charge in [0.25, 0.3) is 5.56 Å². The first-order chi connectivity index (χ1) is 13.0. The molecule has 27 heavy (non-hydrogen) atoms. The van der Waals surface area contributed by atoms with Crippen molar-refractivity contribution in [2.45, 2.75) is 13.3 Å². The van der Waals surface area contributed by atoms with E-state index in [1.165, 1.54) is 5.56 Å². The highest BCUT2D eigenvalue weighted by atomic mass is 35.5. The summed E-state index contributed by atoms with van der Waals surface area (Å²) >= 11 is 12.1.